The lowest BCUT2D eigenvalue weighted by Crippen LogP contribution is -2.51. The third-order valence-electron chi connectivity index (χ3n) is 6.16. The van der Waals surface area contributed by atoms with E-state index in [2.05, 4.69) is 5.32 Å². The normalized spacial score (nSPS) is 11.9. The van der Waals surface area contributed by atoms with Gasteiger partial charge in [0.1, 0.15) is 18.3 Å². The minimum absolute atomic E-state index is 0.0578. The van der Waals surface area contributed by atoms with Crippen LogP contribution in [0.25, 0.3) is 0 Å². The Morgan fingerprint density at radius 3 is 2.16 bits per heavy atom. The van der Waals surface area contributed by atoms with Crippen LogP contribution in [0.3, 0.4) is 0 Å². The topological polar surface area (TPSA) is 96.0 Å². The Kier molecular flexibility index (Phi) is 9.90. The zero-order chi connectivity index (χ0) is 27.7. The largest absolute Gasteiger partial charge is 0.497 e. The molecule has 202 valence electrons. The molecule has 0 aromatic heterocycles. The highest BCUT2D eigenvalue weighted by Gasteiger charge is 2.32. The first-order valence-corrected chi connectivity index (χ1v) is 14.0. The van der Waals surface area contributed by atoms with Gasteiger partial charge in [0.2, 0.25) is 11.8 Å². The lowest BCUT2D eigenvalue weighted by molar-refractivity contribution is -0.139. The van der Waals surface area contributed by atoms with Crippen molar-refractivity contribution in [3.05, 3.63) is 90.0 Å². The van der Waals surface area contributed by atoms with Gasteiger partial charge < -0.3 is 15.0 Å². The van der Waals surface area contributed by atoms with Crippen molar-refractivity contribution in [1.29, 1.82) is 0 Å². The number of aryl methyl sites for hydroxylation is 1. The maximum absolute atomic E-state index is 13.8. The first-order valence-electron chi connectivity index (χ1n) is 12.5. The smallest absolute Gasteiger partial charge is 0.264 e. The number of amides is 2. The summed E-state index contributed by atoms with van der Waals surface area (Å²) in [7, 11) is -2.58. The van der Waals surface area contributed by atoms with Crippen LogP contribution in [0.15, 0.2) is 83.8 Å². The van der Waals surface area contributed by atoms with Crippen LogP contribution in [-0.2, 0) is 26.2 Å². The fraction of sp³-hybridized carbons (Fsp3) is 0.310. The molecule has 1 N–H and O–H groups in total. The van der Waals surface area contributed by atoms with Gasteiger partial charge in [-0.1, -0.05) is 55.0 Å². The summed E-state index contributed by atoms with van der Waals surface area (Å²) >= 11 is 0. The molecule has 3 aromatic rings. The number of benzene rings is 3. The second-order valence-corrected chi connectivity index (χ2v) is 10.9. The number of nitrogens with zero attached hydrogens (tertiary/aromatic N) is 2. The Balaban J connectivity index is 2.00. The number of hydrogen-bond acceptors (Lipinski definition) is 5. The van der Waals surface area contributed by atoms with E-state index in [1.165, 1.54) is 24.1 Å². The Hall–Kier alpha value is -3.85. The van der Waals surface area contributed by atoms with Gasteiger partial charge in [-0.3, -0.25) is 13.9 Å². The van der Waals surface area contributed by atoms with Gasteiger partial charge in [0.05, 0.1) is 17.7 Å². The van der Waals surface area contributed by atoms with E-state index < -0.39 is 28.5 Å². The van der Waals surface area contributed by atoms with Crippen molar-refractivity contribution in [3.8, 4) is 5.75 Å². The zero-order valence-electron chi connectivity index (χ0n) is 22.3. The van der Waals surface area contributed by atoms with E-state index >= 15 is 0 Å². The average Bonchev–Trinajstić information content (AvgIpc) is 2.94. The molecule has 0 bridgehead atoms. The SMILES string of the molecule is CCCNC(=O)C(C)N(Cc1ccc(C)cc1)C(=O)CN(c1ccc(OC)cc1)S(=O)(=O)c1ccccc1. The molecule has 38 heavy (non-hydrogen) atoms. The predicted molar refractivity (Wildman–Crippen MR) is 148 cm³/mol. The fourth-order valence-electron chi connectivity index (χ4n) is 3.87. The maximum atomic E-state index is 13.8. The second kappa shape index (κ2) is 13.1. The lowest BCUT2D eigenvalue weighted by atomic mass is 10.1. The van der Waals surface area contributed by atoms with Crippen LogP contribution < -0.4 is 14.4 Å². The third kappa shape index (κ3) is 7.13. The highest BCUT2D eigenvalue weighted by Crippen LogP contribution is 2.26. The van der Waals surface area contributed by atoms with E-state index in [1.54, 1.807) is 49.4 Å². The number of rotatable bonds is 12. The number of anilines is 1. The molecule has 0 aliphatic carbocycles. The summed E-state index contributed by atoms with van der Waals surface area (Å²) in [5.41, 5.74) is 2.21. The van der Waals surface area contributed by atoms with E-state index in [-0.39, 0.29) is 17.3 Å². The van der Waals surface area contributed by atoms with Gasteiger partial charge in [-0.25, -0.2) is 8.42 Å². The van der Waals surface area contributed by atoms with Crippen molar-refractivity contribution in [2.75, 3.05) is 24.5 Å². The molecule has 0 fully saturated rings. The van der Waals surface area contributed by atoms with Crippen LogP contribution in [0.2, 0.25) is 0 Å². The number of nitrogens with one attached hydrogen (secondary N) is 1. The van der Waals surface area contributed by atoms with E-state index in [9.17, 15) is 18.0 Å². The van der Waals surface area contributed by atoms with Gasteiger partial charge >= 0.3 is 0 Å². The summed E-state index contributed by atoms with van der Waals surface area (Å²) in [5.74, 6) is -0.242. The monoisotopic (exact) mass is 537 g/mol. The molecular formula is C29H35N3O5S. The van der Waals surface area contributed by atoms with Crippen molar-refractivity contribution >= 4 is 27.5 Å². The molecule has 0 spiro atoms. The summed E-state index contributed by atoms with van der Waals surface area (Å²) in [6.45, 7) is 5.72. The molecule has 0 aliphatic rings. The summed E-state index contributed by atoms with van der Waals surface area (Å²) in [6, 6.07) is 21.3. The molecule has 0 saturated carbocycles. The highest BCUT2D eigenvalue weighted by atomic mass is 32.2. The predicted octanol–water partition coefficient (Wildman–Crippen LogP) is 4.14. The van der Waals surface area contributed by atoms with E-state index in [0.29, 0.717) is 18.0 Å². The second-order valence-electron chi connectivity index (χ2n) is 9.00. The molecule has 2 amide bonds. The number of methoxy groups -OCH3 is 1. The molecule has 3 rings (SSSR count). The third-order valence-corrected chi connectivity index (χ3v) is 7.95. The number of carbonyl (C=O) groups is 2. The quantitative estimate of drug-likeness (QED) is 0.375. The molecule has 9 heteroatoms. The Bertz CT molecular complexity index is 1310. The lowest BCUT2D eigenvalue weighted by Gasteiger charge is -2.32. The minimum atomic E-state index is -4.10. The van der Waals surface area contributed by atoms with Crippen molar-refractivity contribution in [3.63, 3.8) is 0 Å². The maximum Gasteiger partial charge on any atom is 0.264 e. The minimum Gasteiger partial charge on any atom is -0.497 e. The summed E-state index contributed by atoms with van der Waals surface area (Å²) in [6.07, 6.45) is 0.755. The Morgan fingerprint density at radius 2 is 1.58 bits per heavy atom. The van der Waals surface area contributed by atoms with Crippen LogP contribution >= 0.6 is 0 Å². The summed E-state index contributed by atoms with van der Waals surface area (Å²) < 4.78 is 33.7. The molecule has 8 nitrogen and oxygen atoms in total. The van der Waals surface area contributed by atoms with Gasteiger partial charge in [-0.15, -0.1) is 0 Å². The van der Waals surface area contributed by atoms with Gasteiger partial charge in [-0.05, 0) is 62.2 Å². The number of sulfonamides is 1. The first-order chi connectivity index (χ1) is 18.2. The molecule has 0 saturated heterocycles. The van der Waals surface area contributed by atoms with Crippen molar-refractivity contribution in [1.82, 2.24) is 10.2 Å². The van der Waals surface area contributed by atoms with Crippen molar-refractivity contribution in [2.45, 2.75) is 44.7 Å². The van der Waals surface area contributed by atoms with Crippen molar-refractivity contribution in [2.24, 2.45) is 0 Å². The fourth-order valence-corrected chi connectivity index (χ4v) is 5.30. The van der Waals surface area contributed by atoms with Gasteiger partial charge in [0.25, 0.3) is 10.0 Å². The van der Waals surface area contributed by atoms with Crippen LogP contribution in [-0.4, -0.2) is 51.4 Å². The number of hydrogen-bond donors (Lipinski definition) is 1. The van der Waals surface area contributed by atoms with Gasteiger partial charge in [-0.2, -0.15) is 0 Å². The molecule has 0 radical (unpaired) electrons. The van der Waals surface area contributed by atoms with Gasteiger partial charge in [0.15, 0.2) is 0 Å². The van der Waals surface area contributed by atoms with E-state index in [0.717, 1.165) is 21.9 Å². The van der Waals surface area contributed by atoms with Crippen LogP contribution in [0.1, 0.15) is 31.4 Å². The number of ether oxygens (including phenoxy) is 1. The molecule has 0 heterocycles. The molecule has 1 atom stereocenters. The van der Waals surface area contributed by atoms with Crippen molar-refractivity contribution < 1.29 is 22.7 Å². The molecule has 0 aliphatic heterocycles. The van der Waals surface area contributed by atoms with Crippen LogP contribution in [0.5, 0.6) is 5.75 Å². The Morgan fingerprint density at radius 1 is 0.947 bits per heavy atom. The first kappa shape index (κ1) is 28.7. The van der Waals surface area contributed by atoms with Crippen LogP contribution in [0.4, 0.5) is 5.69 Å². The van der Waals surface area contributed by atoms with E-state index in [1.807, 2.05) is 38.1 Å². The molecular weight excluding hydrogens is 502 g/mol. The average molecular weight is 538 g/mol. The standard InChI is InChI=1S/C29H35N3O5S/c1-5-19-30-29(34)23(3)31(20-24-13-11-22(2)12-14-24)28(33)21-32(25-15-17-26(37-4)18-16-25)38(35,36)27-9-7-6-8-10-27/h6-18,23H,5,19-21H2,1-4H3,(H,30,34). The van der Waals surface area contributed by atoms with Crippen LogP contribution in [0, 0.1) is 6.92 Å². The summed E-state index contributed by atoms with van der Waals surface area (Å²) in [4.78, 5) is 28.2. The molecule has 1 unspecified atom stereocenters. The summed E-state index contributed by atoms with van der Waals surface area (Å²) in [5, 5.41) is 2.84. The zero-order valence-corrected chi connectivity index (χ0v) is 23.1. The van der Waals surface area contributed by atoms with E-state index in [4.69, 9.17) is 4.74 Å². The van der Waals surface area contributed by atoms with Gasteiger partial charge in [0, 0.05) is 13.1 Å². The Labute approximate surface area is 225 Å². The highest BCUT2D eigenvalue weighted by molar-refractivity contribution is 7.92. The molecule has 3 aromatic carbocycles. The number of carbonyl (C=O) groups excluding carboxylic acids is 2.